The summed E-state index contributed by atoms with van der Waals surface area (Å²) in [5, 5.41) is 3.36. The van der Waals surface area contributed by atoms with Gasteiger partial charge in [0, 0.05) is 19.1 Å². The Morgan fingerprint density at radius 3 is 2.76 bits per heavy atom. The molecule has 2 unspecified atom stereocenters. The fourth-order valence-electron chi connectivity index (χ4n) is 3.63. The molecule has 3 heteroatoms. The van der Waals surface area contributed by atoms with Crippen LogP contribution in [0.5, 0.6) is 0 Å². The first-order valence-corrected chi connectivity index (χ1v) is 8.31. The van der Waals surface area contributed by atoms with Crippen molar-refractivity contribution in [2.75, 3.05) is 19.6 Å². The van der Waals surface area contributed by atoms with Gasteiger partial charge >= 0.3 is 0 Å². The van der Waals surface area contributed by atoms with Crippen LogP contribution in [-0.4, -0.2) is 36.5 Å². The van der Waals surface area contributed by atoms with Crippen molar-refractivity contribution in [2.45, 2.75) is 45.1 Å². The van der Waals surface area contributed by atoms with Crippen LogP contribution in [0.25, 0.3) is 0 Å². The predicted octanol–water partition coefficient (Wildman–Crippen LogP) is 2.53. The Hall–Kier alpha value is -1.35. The van der Waals surface area contributed by atoms with E-state index in [0.29, 0.717) is 11.9 Å². The van der Waals surface area contributed by atoms with Crippen molar-refractivity contribution in [1.29, 1.82) is 0 Å². The lowest BCUT2D eigenvalue weighted by Gasteiger charge is -2.31. The number of hydrogen-bond donors (Lipinski definition) is 1. The summed E-state index contributed by atoms with van der Waals surface area (Å²) in [7, 11) is 0. The monoisotopic (exact) mass is 286 g/mol. The number of likely N-dealkylation sites (tertiary alicyclic amines) is 1. The molecular formula is C18H26N2O. The smallest absolute Gasteiger partial charge is 0.227 e. The molecule has 0 aromatic heterocycles. The van der Waals surface area contributed by atoms with Crippen LogP contribution in [0.1, 0.15) is 36.8 Å². The Bertz CT molecular complexity index is 476. The number of benzene rings is 1. The molecular weight excluding hydrogens is 260 g/mol. The van der Waals surface area contributed by atoms with Gasteiger partial charge < -0.3 is 10.2 Å². The minimum absolute atomic E-state index is 0.206. The van der Waals surface area contributed by atoms with Crippen LogP contribution in [0.3, 0.4) is 0 Å². The highest BCUT2D eigenvalue weighted by Crippen LogP contribution is 2.25. The third-order valence-electron chi connectivity index (χ3n) is 4.90. The van der Waals surface area contributed by atoms with Gasteiger partial charge in [-0.1, -0.05) is 29.8 Å². The van der Waals surface area contributed by atoms with Crippen LogP contribution >= 0.6 is 0 Å². The van der Waals surface area contributed by atoms with E-state index in [1.54, 1.807) is 0 Å². The molecule has 114 valence electrons. The predicted molar refractivity (Wildman–Crippen MR) is 85.2 cm³/mol. The zero-order chi connectivity index (χ0) is 14.7. The highest BCUT2D eigenvalue weighted by molar-refractivity contribution is 5.79. The molecule has 2 heterocycles. The molecule has 0 bridgehead atoms. The maximum absolute atomic E-state index is 12.7. The first-order chi connectivity index (χ1) is 10.2. The second-order valence-corrected chi connectivity index (χ2v) is 6.56. The van der Waals surface area contributed by atoms with Gasteiger partial charge in [0.05, 0.1) is 5.92 Å². The van der Waals surface area contributed by atoms with Crippen LogP contribution in [0.15, 0.2) is 24.3 Å². The van der Waals surface area contributed by atoms with Crippen LogP contribution in [0, 0.1) is 12.8 Å². The van der Waals surface area contributed by atoms with E-state index < -0.39 is 0 Å². The lowest BCUT2D eigenvalue weighted by molar-refractivity contribution is -0.136. The van der Waals surface area contributed by atoms with E-state index in [0.717, 1.165) is 51.7 Å². The molecule has 21 heavy (non-hydrogen) atoms. The summed E-state index contributed by atoms with van der Waals surface area (Å²) in [5.74, 6) is 0.592. The average Bonchev–Trinajstić information content (AvgIpc) is 2.98. The van der Waals surface area contributed by atoms with Crippen molar-refractivity contribution >= 4 is 5.91 Å². The fourth-order valence-corrected chi connectivity index (χ4v) is 3.63. The van der Waals surface area contributed by atoms with E-state index in [1.165, 1.54) is 11.1 Å². The van der Waals surface area contributed by atoms with Gasteiger partial charge in [-0.15, -0.1) is 0 Å². The highest BCUT2D eigenvalue weighted by atomic mass is 16.2. The van der Waals surface area contributed by atoms with Crippen molar-refractivity contribution < 1.29 is 4.79 Å². The Morgan fingerprint density at radius 1 is 1.24 bits per heavy atom. The largest absolute Gasteiger partial charge is 0.339 e. The zero-order valence-electron chi connectivity index (χ0n) is 13.0. The second kappa shape index (κ2) is 6.61. The maximum atomic E-state index is 12.7. The summed E-state index contributed by atoms with van der Waals surface area (Å²) >= 11 is 0. The molecule has 1 amide bonds. The Labute approximate surface area is 127 Å². The van der Waals surface area contributed by atoms with Crippen LogP contribution < -0.4 is 5.32 Å². The molecule has 2 saturated heterocycles. The quantitative estimate of drug-likeness (QED) is 0.926. The van der Waals surface area contributed by atoms with Crippen molar-refractivity contribution in [1.82, 2.24) is 10.2 Å². The van der Waals surface area contributed by atoms with Crippen molar-refractivity contribution in [3.63, 3.8) is 0 Å². The number of hydrogen-bond acceptors (Lipinski definition) is 2. The SMILES string of the molecule is Cc1ccc(CC2CCCN2C(=O)C2CCCNC2)cc1. The fraction of sp³-hybridized carbons (Fsp3) is 0.611. The number of carbonyl (C=O) groups excluding carboxylic acids is 1. The third kappa shape index (κ3) is 3.46. The van der Waals surface area contributed by atoms with Gasteiger partial charge in [0.25, 0.3) is 0 Å². The number of piperidine rings is 1. The summed E-state index contributed by atoms with van der Waals surface area (Å²) < 4.78 is 0. The number of nitrogens with zero attached hydrogens (tertiary/aromatic N) is 1. The molecule has 0 spiro atoms. The topological polar surface area (TPSA) is 32.3 Å². The minimum Gasteiger partial charge on any atom is -0.339 e. The third-order valence-corrected chi connectivity index (χ3v) is 4.90. The molecule has 1 aromatic rings. The van der Waals surface area contributed by atoms with E-state index >= 15 is 0 Å². The van der Waals surface area contributed by atoms with E-state index in [4.69, 9.17) is 0 Å². The molecule has 2 aliphatic rings. The van der Waals surface area contributed by atoms with Gasteiger partial charge in [0.1, 0.15) is 0 Å². The van der Waals surface area contributed by atoms with E-state index in [2.05, 4.69) is 41.4 Å². The van der Waals surface area contributed by atoms with Gasteiger partial charge in [-0.25, -0.2) is 0 Å². The van der Waals surface area contributed by atoms with Gasteiger partial charge in [-0.3, -0.25) is 4.79 Å². The molecule has 2 fully saturated rings. The molecule has 0 radical (unpaired) electrons. The van der Waals surface area contributed by atoms with Gasteiger partial charge in [0.15, 0.2) is 0 Å². The number of amides is 1. The molecule has 0 aliphatic carbocycles. The Balaban J connectivity index is 1.64. The molecule has 3 rings (SSSR count). The first kappa shape index (κ1) is 14.6. The standard InChI is InChI=1S/C18H26N2O/c1-14-6-8-15(9-7-14)12-17-5-3-11-20(17)18(21)16-4-2-10-19-13-16/h6-9,16-17,19H,2-5,10-13H2,1H3. The molecule has 1 N–H and O–H groups in total. The lowest BCUT2D eigenvalue weighted by Crippen LogP contribution is -2.45. The van der Waals surface area contributed by atoms with E-state index in [-0.39, 0.29) is 5.92 Å². The van der Waals surface area contributed by atoms with Gasteiger partial charge in [-0.2, -0.15) is 0 Å². The van der Waals surface area contributed by atoms with Crippen LogP contribution in [0.2, 0.25) is 0 Å². The van der Waals surface area contributed by atoms with Gasteiger partial charge in [-0.05, 0) is 51.1 Å². The molecule has 3 nitrogen and oxygen atoms in total. The second-order valence-electron chi connectivity index (χ2n) is 6.56. The highest BCUT2D eigenvalue weighted by Gasteiger charge is 2.33. The number of rotatable bonds is 3. The average molecular weight is 286 g/mol. The van der Waals surface area contributed by atoms with Crippen molar-refractivity contribution in [3.8, 4) is 0 Å². The van der Waals surface area contributed by atoms with Crippen molar-refractivity contribution in [2.24, 2.45) is 5.92 Å². The number of aryl methyl sites for hydroxylation is 1. The summed E-state index contributed by atoms with van der Waals surface area (Å²) in [5.41, 5.74) is 2.65. The summed E-state index contributed by atoms with van der Waals surface area (Å²) in [4.78, 5) is 14.9. The van der Waals surface area contributed by atoms with E-state index in [1.807, 2.05) is 0 Å². The maximum Gasteiger partial charge on any atom is 0.227 e. The lowest BCUT2D eigenvalue weighted by atomic mass is 9.96. The normalized spacial score (nSPS) is 26.0. The summed E-state index contributed by atoms with van der Waals surface area (Å²) in [6, 6.07) is 9.15. The Kier molecular flexibility index (Phi) is 4.59. The molecule has 1 aromatic carbocycles. The minimum atomic E-state index is 0.206. The van der Waals surface area contributed by atoms with Crippen molar-refractivity contribution in [3.05, 3.63) is 35.4 Å². The summed E-state index contributed by atoms with van der Waals surface area (Å²) in [6.07, 6.45) is 5.50. The van der Waals surface area contributed by atoms with Crippen LogP contribution in [-0.2, 0) is 11.2 Å². The Morgan fingerprint density at radius 2 is 2.05 bits per heavy atom. The molecule has 0 saturated carbocycles. The van der Waals surface area contributed by atoms with Crippen LogP contribution in [0.4, 0.5) is 0 Å². The summed E-state index contributed by atoms with van der Waals surface area (Å²) in [6.45, 7) is 5.00. The number of carbonyl (C=O) groups is 1. The zero-order valence-corrected chi connectivity index (χ0v) is 13.0. The molecule has 2 aliphatic heterocycles. The first-order valence-electron chi connectivity index (χ1n) is 8.31. The number of nitrogens with one attached hydrogen (secondary N) is 1. The molecule has 2 atom stereocenters. The van der Waals surface area contributed by atoms with Gasteiger partial charge in [0.2, 0.25) is 5.91 Å². The van der Waals surface area contributed by atoms with E-state index in [9.17, 15) is 4.79 Å².